The minimum Gasteiger partial charge on any atom is -0.445 e. The predicted molar refractivity (Wildman–Crippen MR) is 82.0 cm³/mol. The van der Waals surface area contributed by atoms with E-state index in [0.29, 0.717) is 6.20 Å². The van der Waals surface area contributed by atoms with Crippen LogP contribution in [0.15, 0.2) is 30.6 Å². The first-order valence-electron chi connectivity index (χ1n) is 7.71. The highest BCUT2D eigenvalue weighted by atomic mass is 19.4. The van der Waals surface area contributed by atoms with Gasteiger partial charge in [-0.15, -0.1) is 0 Å². The molecule has 0 radical (unpaired) electrons. The third-order valence-electron chi connectivity index (χ3n) is 4.35. The van der Waals surface area contributed by atoms with Gasteiger partial charge in [0, 0.05) is 37.8 Å². The molecule has 138 valence electrons. The average molecular weight is 373 g/mol. The van der Waals surface area contributed by atoms with E-state index in [9.17, 15) is 30.9 Å². The fourth-order valence-electron chi connectivity index (χ4n) is 3.04. The molecular formula is C16H12BF6N2O-. The third-order valence-corrected chi connectivity index (χ3v) is 4.35. The molecule has 0 aliphatic carbocycles. The maximum atomic E-state index is 13.4. The number of hydrogen-bond acceptors (Lipinski definition) is 2. The van der Waals surface area contributed by atoms with Gasteiger partial charge in [0.2, 0.25) is 5.91 Å². The molecule has 10 heteroatoms. The zero-order valence-electron chi connectivity index (χ0n) is 13.2. The standard InChI is InChI=1S/C16H12BF6N2O/c18-13-3-10(4-14(19)16(13)20)11-5-15(26)25(8-11)7-9-1-2-24-6-12(9)17(21,22)23/h1-4,6,11H,5,7-8H2/q-1/t11-/m0/s1. The summed E-state index contributed by atoms with van der Waals surface area (Å²) in [5.74, 6) is -5.43. The van der Waals surface area contributed by atoms with Crippen molar-refractivity contribution in [2.75, 3.05) is 6.54 Å². The third kappa shape index (κ3) is 3.54. The Morgan fingerprint density at radius 2 is 1.81 bits per heavy atom. The summed E-state index contributed by atoms with van der Waals surface area (Å²) in [4.78, 5) is 16.8. The number of pyridine rings is 1. The first kappa shape index (κ1) is 18.3. The Balaban J connectivity index is 1.82. The van der Waals surface area contributed by atoms with Crippen molar-refractivity contribution < 1.29 is 30.9 Å². The van der Waals surface area contributed by atoms with Gasteiger partial charge in [-0.3, -0.25) is 9.78 Å². The second-order valence-corrected chi connectivity index (χ2v) is 6.12. The van der Waals surface area contributed by atoms with Crippen LogP contribution in [0.4, 0.5) is 26.1 Å². The fourth-order valence-corrected chi connectivity index (χ4v) is 3.04. The molecule has 1 aromatic carbocycles. The maximum absolute atomic E-state index is 13.4. The topological polar surface area (TPSA) is 33.2 Å². The Morgan fingerprint density at radius 1 is 1.15 bits per heavy atom. The zero-order valence-corrected chi connectivity index (χ0v) is 13.2. The molecule has 1 amide bonds. The summed E-state index contributed by atoms with van der Waals surface area (Å²) in [7, 11) is 0. The number of carbonyl (C=O) groups is 1. The van der Waals surface area contributed by atoms with E-state index >= 15 is 0 Å². The van der Waals surface area contributed by atoms with Gasteiger partial charge in [-0.05, 0) is 23.8 Å². The number of aromatic nitrogens is 1. The van der Waals surface area contributed by atoms with Gasteiger partial charge in [0.15, 0.2) is 17.5 Å². The number of carbonyl (C=O) groups excluding carboxylic acids is 1. The van der Waals surface area contributed by atoms with Crippen molar-refractivity contribution in [3.05, 3.63) is 59.2 Å². The Bertz CT molecular complexity index is 834. The summed E-state index contributed by atoms with van der Waals surface area (Å²) in [5, 5.41) is 0. The van der Waals surface area contributed by atoms with Crippen molar-refractivity contribution >= 4 is 18.3 Å². The number of benzene rings is 1. The Kier molecular flexibility index (Phi) is 4.68. The molecular weight excluding hydrogens is 361 g/mol. The van der Waals surface area contributed by atoms with Crippen LogP contribution in [0, 0.1) is 17.5 Å². The zero-order chi connectivity index (χ0) is 19.1. The SMILES string of the molecule is O=C1C[C@H](c2cc(F)c(F)c(F)c2)CN1Cc1ccncc1[B-](F)(F)F. The van der Waals surface area contributed by atoms with Crippen LogP contribution >= 0.6 is 0 Å². The normalized spacial score (nSPS) is 17.8. The lowest BCUT2D eigenvalue weighted by molar-refractivity contribution is -0.128. The summed E-state index contributed by atoms with van der Waals surface area (Å²) in [6.45, 7) is -5.60. The number of nitrogens with zero attached hydrogens (tertiary/aromatic N) is 2. The highest BCUT2D eigenvalue weighted by Crippen LogP contribution is 2.31. The quantitative estimate of drug-likeness (QED) is 0.469. The molecule has 1 aliphatic heterocycles. The molecule has 1 atom stereocenters. The van der Waals surface area contributed by atoms with Gasteiger partial charge < -0.3 is 17.8 Å². The van der Waals surface area contributed by atoms with Gasteiger partial charge in [0.25, 0.3) is 0 Å². The molecule has 1 fully saturated rings. The first-order chi connectivity index (χ1) is 12.2. The Hall–Kier alpha value is -2.52. The van der Waals surface area contributed by atoms with E-state index in [0.717, 1.165) is 12.1 Å². The van der Waals surface area contributed by atoms with E-state index in [-0.39, 0.29) is 30.6 Å². The molecule has 1 saturated heterocycles. The molecule has 2 aromatic rings. The van der Waals surface area contributed by atoms with Gasteiger partial charge in [0.05, 0.1) is 0 Å². The summed E-state index contributed by atoms with van der Waals surface area (Å²) in [6.07, 6.45) is 1.78. The smallest absolute Gasteiger partial charge is 0.445 e. The van der Waals surface area contributed by atoms with Crippen LogP contribution in [-0.2, 0) is 11.3 Å². The van der Waals surface area contributed by atoms with E-state index in [1.807, 2.05) is 0 Å². The van der Waals surface area contributed by atoms with Crippen molar-refractivity contribution in [3.63, 3.8) is 0 Å². The van der Waals surface area contributed by atoms with Gasteiger partial charge in [-0.1, -0.05) is 11.0 Å². The highest BCUT2D eigenvalue weighted by Gasteiger charge is 2.34. The molecule has 26 heavy (non-hydrogen) atoms. The summed E-state index contributed by atoms with van der Waals surface area (Å²) >= 11 is 0. The molecule has 1 aromatic heterocycles. The minimum absolute atomic E-state index is 0.0179. The number of rotatable bonds is 4. The van der Waals surface area contributed by atoms with E-state index < -0.39 is 41.7 Å². The van der Waals surface area contributed by atoms with Crippen LogP contribution in [0.25, 0.3) is 0 Å². The van der Waals surface area contributed by atoms with Crippen LogP contribution in [0.2, 0.25) is 0 Å². The predicted octanol–water partition coefficient (Wildman–Crippen LogP) is 3.07. The second-order valence-electron chi connectivity index (χ2n) is 6.12. The lowest BCUT2D eigenvalue weighted by Crippen LogP contribution is -2.39. The fraction of sp³-hybridized carbons (Fsp3) is 0.250. The molecule has 0 N–H and O–H groups in total. The van der Waals surface area contributed by atoms with E-state index in [1.54, 1.807) is 0 Å². The van der Waals surface area contributed by atoms with Crippen LogP contribution in [0.5, 0.6) is 0 Å². The van der Waals surface area contributed by atoms with Crippen LogP contribution < -0.4 is 5.46 Å². The molecule has 3 nitrogen and oxygen atoms in total. The lowest BCUT2D eigenvalue weighted by Gasteiger charge is -2.23. The number of amides is 1. The molecule has 3 rings (SSSR count). The molecule has 0 spiro atoms. The number of hydrogen-bond donors (Lipinski definition) is 0. The van der Waals surface area contributed by atoms with Gasteiger partial charge >= 0.3 is 6.98 Å². The molecule has 0 bridgehead atoms. The molecule has 0 unspecified atom stereocenters. The van der Waals surface area contributed by atoms with Crippen LogP contribution in [-0.4, -0.2) is 29.3 Å². The van der Waals surface area contributed by atoms with E-state index in [1.165, 1.54) is 17.2 Å². The van der Waals surface area contributed by atoms with Crippen molar-refractivity contribution in [3.8, 4) is 0 Å². The average Bonchev–Trinajstić information content (AvgIpc) is 2.92. The van der Waals surface area contributed by atoms with Gasteiger partial charge in [-0.2, -0.15) is 0 Å². The monoisotopic (exact) mass is 373 g/mol. The van der Waals surface area contributed by atoms with Gasteiger partial charge in [0.1, 0.15) is 0 Å². The highest BCUT2D eigenvalue weighted by molar-refractivity contribution is 6.73. The number of likely N-dealkylation sites (tertiary alicyclic amines) is 1. The van der Waals surface area contributed by atoms with E-state index in [2.05, 4.69) is 4.98 Å². The summed E-state index contributed by atoms with van der Waals surface area (Å²) in [6, 6.07) is 2.79. The van der Waals surface area contributed by atoms with Gasteiger partial charge in [-0.25, -0.2) is 13.2 Å². The largest absolute Gasteiger partial charge is 0.511 e. The van der Waals surface area contributed by atoms with Crippen LogP contribution in [0.1, 0.15) is 23.5 Å². The summed E-state index contributed by atoms with van der Waals surface area (Å²) < 4.78 is 79.1. The molecule has 0 saturated carbocycles. The first-order valence-corrected chi connectivity index (χ1v) is 7.71. The van der Waals surface area contributed by atoms with Crippen LogP contribution in [0.3, 0.4) is 0 Å². The minimum atomic E-state index is -5.29. The maximum Gasteiger partial charge on any atom is 0.511 e. The Labute approximate surface area is 144 Å². The summed E-state index contributed by atoms with van der Waals surface area (Å²) in [5.41, 5.74) is -0.896. The van der Waals surface area contributed by atoms with Crippen molar-refractivity contribution in [2.24, 2.45) is 0 Å². The molecule has 1 aliphatic rings. The Morgan fingerprint density at radius 3 is 2.42 bits per heavy atom. The van der Waals surface area contributed by atoms with Crippen molar-refractivity contribution in [1.29, 1.82) is 0 Å². The van der Waals surface area contributed by atoms with Crippen molar-refractivity contribution in [1.82, 2.24) is 9.88 Å². The lowest BCUT2D eigenvalue weighted by atomic mass is 9.78. The second kappa shape index (κ2) is 6.66. The number of halogens is 6. The van der Waals surface area contributed by atoms with E-state index in [4.69, 9.17) is 0 Å². The van der Waals surface area contributed by atoms with Crippen molar-refractivity contribution in [2.45, 2.75) is 18.9 Å². The molecule has 2 heterocycles.